The molecular weight excluding hydrogens is 615 g/mol. The molecule has 51 heavy (non-hydrogen) atoms. The van der Waals surface area contributed by atoms with Crippen molar-refractivity contribution in [1.82, 2.24) is 4.40 Å². The zero-order valence-corrected chi connectivity index (χ0v) is 27.8. The van der Waals surface area contributed by atoms with Crippen molar-refractivity contribution in [2.24, 2.45) is 0 Å². The maximum Gasteiger partial charge on any atom is 0.0547 e. The van der Waals surface area contributed by atoms with Gasteiger partial charge in [0.25, 0.3) is 0 Å². The van der Waals surface area contributed by atoms with Gasteiger partial charge in [0.15, 0.2) is 0 Å². The van der Waals surface area contributed by atoms with Gasteiger partial charge in [0.05, 0.1) is 16.6 Å². The van der Waals surface area contributed by atoms with Gasteiger partial charge in [-0.3, -0.25) is 0 Å². The van der Waals surface area contributed by atoms with E-state index in [0.29, 0.717) is 0 Å². The van der Waals surface area contributed by atoms with Crippen LogP contribution in [0, 0.1) is 0 Å². The molecule has 0 amide bonds. The molecule has 0 radical (unpaired) electrons. The third-order valence-corrected chi connectivity index (χ3v) is 10.9. The third-order valence-electron chi connectivity index (χ3n) is 10.9. The van der Waals surface area contributed by atoms with Crippen molar-refractivity contribution in [2.75, 3.05) is 0 Å². The predicted molar refractivity (Wildman–Crippen MR) is 219 cm³/mol. The first-order valence-electron chi connectivity index (χ1n) is 17.7. The standard InChI is InChI=1S/C50H31N/c1-2-12-35-29-36(26-23-32(35)11-1)33-21-24-34(25-22-33)49-42-16-5-7-18-44(42)50(45-19-8-6-17-43(45)49)37-27-28-46-38(30-37)31-48-41-15-4-3-13-39(41)40-14-9-10-20-47(40)51(46)48/h1-31H. The maximum absolute atomic E-state index is 2.44. The van der Waals surface area contributed by atoms with Gasteiger partial charge in [-0.2, -0.15) is 0 Å². The molecule has 1 nitrogen and oxygen atoms in total. The number of rotatable bonds is 3. The summed E-state index contributed by atoms with van der Waals surface area (Å²) in [6.07, 6.45) is 0. The van der Waals surface area contributed by atoms with Gasteiger partial charge in [-0.1, -0.05) is 158 Å². The quantitative estimate of drug-likeness (QED) is 0.133. The van der Waals surface area contributed by atoms with Crippen LogP contribution >= 0.6 is 0 Å². The Hall–Kier alpha value is -6.70. The highest BCUT2D eigenvalue weighted by molar-refractivity contribution is 6.22. The van der Waals surface area contributed by atoms with Gasteiger partial charge in [0.2, 0.25) is 0 Å². The third kappa shape index (κ3) is 4.22. The van der Waals surface area contributed by atoms with E-state index in [2.05, 4.69) is 192 Å². The molecule has 0 fully saturated rings. The van der Waals surface area contributed by atoms with E-state index in [1.807, 2.05) is 0 Å². The van der Waals surface area contributed by atoms with Crippen molar-refractivity contribution in [3.63, 3.8) is 0 Å². The molecule has 11 aromatic rings. The molecule has 0 saturated heterocycles. The summed E-state index contributed by atoms with van der Waals surface area (Å²) in [6, 6.07) is 69.3. The van der Waals surface area contributed by atoms with E-state index in [1.54, 1.807) is 0 Å². The molecule has 1 heteroatoms. The second kappa shape index (κ2) is 10.9. The first kappa shape index (κ1) is 28.2. The zero-order chi connectivity index (χ0) is 33.5. The smallest absolute Gasteiger partial charge is 0.0547 e. The van der Waals surface area contributed by atoms with Gasteiger partial charge in [0.1, 0.15) is 0 Å². The number of pyridine rings is 1. The van der Waals surface area contributed by atoms with Crippen LogP contribution in [-0.4, -0.2) is 4.40 Å². The molecule has 0 atom stereocenters. The lowest BCUT2D eigenvalue weighted by Crippen LogP contribution is -1.92. The number of hydrogen-bond donors (Lipinski definition) is 0. The van der Waals surface area contributed by atoms with Crippen LogP contribution in [0.4, 0.5) is 0 Å². The molecule has 0 aliphatic heterocycles. The lowest BCUT2D eigenvalue weighted by atomic mass is 9.85. The summed E-state index contributed by atoms with van der Waals surface area (Å²) in [6.45, 7) is 0. The summed E-state index contributed by atoms with van der Waals surface area (Å²) >= 11 is 0. The fourth-order valence-electron chi connectivity index (χ4n) is 8.61. The van der Waals surface area contributed by atoms with Crippen molar-refractivity contribution in [1.29, 1.82) is 0 Å². The maximum atomic E-state index is 2.44. The summed E-state index contributed by atoms with van der Waals surface area (Å²) in [7, 11) is 0. The molecule has 0 bridgehead atoms. The molecule has 2 aromatic heterocycles. The number of benzene rings is 9. The Balaban J connectivity index is 1.12. The Morgan fingerprint density at radius 1 is 0.235 bits per heavy atom. The van der Waals surface area contributed by atoms with Gasteiger partial charge >= 0.3 is 0 Å². The van der Waals surface area contributed by atoms with Crippen LogP contribution in [0.15, 0.2) is 188 Å². The van der Waals surface area contributed by atoms with E-state index < -0.39 is 0 Å². The minimum absolute atomic E-state index is 1.23. The van der Waals surface area contributed by atoms with Gasteiger partial charge in [-0.05, 0) is 101 Å². The predicted octanol–water partition coefficient (Wildman–Crippen LogP) is 13.9. The van der Waals surface area contributed by atoms with Crippen LogP contribution < -0.4 is 0 Å². The van der Waals surface area contributed by atoms with Gasteiger partial charge in [-0.15, -0.1) is 0 Å². The monoisotopic (exact) mass is 645 g/mol. The van der Waals surface area contributed by atoms with E-state index in [-0.39, 0.29) is 0 Å². The number of hydrogen-bond acceptors (Lipinski definition) is 0. The lowest BCUT2D eigenvalue weighted by Gasteiger charge is -2.18. The van der Waals surface area contributed by atoms with E-state index in [4.69, 9.17) is 0 Å². The van der Waals surface area contributed by atoms with Crippen molar-refractivity contribution < 1.29 is 0 Å². The number of para-hydroxylation sites is 1. The molecule has 0 aliphatic rings. The summed E-state index contributed by atoms with van der Waals surface area (Å²) in [4.78, 5) is 0. The molecule has 9 aromatic carbocycles. The van der Waals surface area contributed by atoms with E-state index in [9.17, 15) is 0 Å². The van der Waals surface area contributed by atoms with Crippen LogP contribution in [0.5, 0.6) is 0 Å². The molecule has 0 unspecified atom stereocenters. The molecule has 2 heterocycles. The highest BCUT2D eigenvalue weighted by Gasteiger charge is 2.18. The normalized spacial score (nSPS) is 11.9. The first-order chi connectivity index (χ1) is 25.3. The molecule has 0 spiro atoms. The molecule has 11 rings (SSSR count). The molecule has 0 N–H and O–H groups in total. The highest BCUT2D eigenvalue weighted by Crippen LogP contribution is 2.45. The SMILES string of the molecule is c1ccc2cc(-c3ccc(-c4c5ccccc5c(-c5ccc6c(c5)cc5c7ccccc7c7ccccc7n65)c5ccccc45)cc3)ccc2c1. The Labute approximate surface area is 295 Å². The fraction of sp³-hybridized carbons (Fsp3) is 0. The van der Waals surface area contributed by atoms with Crippen molar-refractivity contribution >= 4 is 70.4 Å². The van der Waals surface area contributed by atoms with Crippen molar-refractivity contribution in [2.45, 2.75) is 0 Å². The lowest BCUT2D eigenvalue weighted by molar-refractivity contribution is 1.35. The second-order valence-corrected chi connectivity index (χ2v) is 13.7. The Morgan fingerprint density at radius 3 is 1.39 bits per heavy atom. The molecule has 0 aliphatic carbocycles. The topological polar surface area (TPSA) is 4.41 Å². The summed E-state index contributed by atoms with van der Waals surface area (Å²) in [5.74, 6) is 0. The van der Waals surface area contributed by atoms with Gasteiger partial charge < -0.3 is 4.40 Å². The van der Waals surface area contributed by atoms with Crippen LogP contribution in [0.1, 0.15) is 0 Å². The van der Waals surface area contributed by atoms with Crippen LogP contribution in [0.2, 0.25) is 0 Å². The summed E-state index contributed by atoms with van der Waals surface area (Å²) in [5, 5.41) is 12.7. The van der Waals surface area contributed by atoms with Crippen LogP contribution in [-0.2, 0) is 0 Å². The van der Waals surface area contributed by atoms with Crippen molar-refractivity contribution in [3.8, 4) is 33.4 Å². The minimum Gasteiger partial charge on any atom is -0.309 e. The van der Waals surface area contributed by atoms with E-state index in [0.717, 1.165) is 0 Å². The molecule has 0 saturated carbocycles. The van der Waals surface area contributed by atoms with Crippen LogP contribution in [0.3, 0.4) is 0 Å². The van der Waals surface area contributed by atoms with Gasteiger partial charge in [0, 0.05) is 16.2 Å². The van der Waals surface area contributed by atoms with Gasteiger partial charge in [-0.25, -0.2) is 0 Å². The number of aromatic nitrogens is 1. The Bertz CT molecular complexity index is 3120. The molecule has 236 valence electrons. The summed E-state index contributed by atoms with van der Waals surface area (Å²) in [5.41, 5.74) is 11.2. The number of fused-ring (bicyclic) bond motifs is 11. The van der Waals surface area contributed by atoms with E-state index >= 15 is 0 Å². The Morgan fingerprint density at radius 2 is 0.706 bits per heavy atom. The first-order valence-corrected chi connectivity index (χ1v) is 17.7. The van der Waals surface area contributed by atoms with Crippen molar-refractivity contribution in [3.05, 3.63) is 188 Å². The minimum atomic E-state index is 1.23. The fourth-order valence-corrected chi connectivity index (χ4v) is 8.61. The summed E-state index contributed by atoms with van der Waals surface area (Å²) < 4.78 is 2.44. The number of nitrogens with zero attached hydrogens (tertiary/aromatic N) is 1. The van der Waals surface area contributed by atoms with E-state index in [1.165, 1.54) is 104 Å². The zero-order valence-electron chi connectivity index (χ0n) is 27.8. The van der Waals surface area contributed by atoms with Crippen LogP contribution in [0.25, 0.3) is 104 Å². The largest absolute Gasteiger partial charge is 0.309 e. The average Bonchev–Trinajstić information content (AvgIpc) is 3.59. The second-order valence-electron chi connectivity index (χ2n) is 13.7. The highest BCUT2D eigenvalue weighted by atomic mass is 14.9. The average molecular weight is 646 g/mol. The Kier molecular flexibility index (Phi) is 6.02. The molecular formula is C50H31N.